The molecule has 0 radical (unpaired) electrons. The van der Waals surface area contributed by atoms with Crippen LogP contribution in [0.15, 0.2) is 6.33 Å². The number of imidazole rings is 1. The Morgan fingerprint density at radius 1 is 1.67 bits per heavy atom. The van der Waals surface area contributed by atoms with Gasteiger partial charge in [-0.25, -0.2) is 9.78 Å². The first-order valence-electron chi connectivity index (χ1n) is 5.76. The van der Waals surface area contributed by atoms with Gasteiger partial charge in [-0.2, -0.15) is 0 Å². The van der Waals surface area contributed by atoms with Crippen LogP contribution >= 0.6 is 0 Å². The standard InChI is InChI=1S/C11H15N3O4/c1-6-7(2-3-18-6)4-12-10(15)8-9(11(16)17)14-5-13-8/h5-7H,2-4H2,1H3,(H,12,15)(H,13,14)(H,16,17). The Morgan fingerprint density at radius 2 is 2.44 bits per heavy atom. The molecule has 2 unspecified atom stereocenters. The fraction of sp³-hybridized carbons (Fsp3) is 0.545. The molecule has 1 aliphatic heterocycles. The minimum absolute atomic E-state index is 0.0888. The van der Waals surface area contributed by atoms with Gasteiger partial charge in [0, 0.05) is 19.1 Å². The molecule has 0 bridgehead atoms. The molecule has 0 saturated carbocycles. The smallest absolute Gasteiger partial charge is 0.354 e. The summed E-state index contributed by atoms with van der Waals surface area (Å²) in [6, 6.07) is 0. The highest BCUT2D eigenvalue weighted by atomic mass is 16.5. The molecule has 0 aromatic carbocycles. The number of aromatic nitrogens is 2. The first-order chi connectivity index (χ1) is 8.59. The summed E-state index contributed by atoms with van der Waals surface area (Å²) >= 11 is 0. The van der Waals surface area contributed by atoms with Crippen LogP contribution in [0.1, 0.15) is 34.3 Å². The van der Waals surface area contributed by atoms with Crippen LogP contribution < -0.4 is 5.32 Å². The van der Waals surface area contributed by atoms with Gasteiger partial charge in [-0.15, -0.1) is 0 Å². The number of carbonyl (C=O) groups excluding carboxylic acids is 1. The third-order valence-electron chi connectivity index (χ3n) is 3.13. The van der Waals surface area contributed by atoms with Crippen LogP contribution in [0.4, 0.5) is 0 Å². The molecular weight excluding hydrogens is 238 g/mol. The Balaban J connectivity index is 1.95. The van der Waals surface area contributed by atoms with Crippen molar-refractivity contribution < 1.29 is 19.4 Å². The topological polar surface area (TPSA) is 104 Å². The van der Waals surface area contributed by atoms with Gasteiger partial charge in [-0.3, -0.25) is 4.79 Å². The number of carbonyl (C=O) groups is 2. The lowest BCUT2D eigenvalue weighted by Gasteiger charge is -2.14. The van der Waals surface area contributed by atoms with E-state index in [4.69, 9.17) is 9.84 Å². The number of hydrogen-bond acceptors (Lipinski definition) is 4. The van der Waals surface area contributed by atoms with Crippen molar-refractivity contribution >= 4 is 11.9 Å². The van der Waals surface area contributed by atoms with Gasteiger partial charge in [-0.1, -0.05) is 0 Å². The number of carboxylic acid groups (broad SMARTS) is 1. The lowest BCUT2D eigenvalue weighted by atomic mass is 10.0. The van der Waals surface area contributed by atoms with Gasteiger partial charge in [0.15, 0.2) is 11.4 Å². The van der Waals surface area contributed by atoms with Gasteiger partial charge >= 0.3 is 5.97 Å². The summed E-state index contributed by atoms with van der Waals surface area (Å²) in [5.74, 6) is -1.41. The van der Waals surface area contributed by atoms with Crippen molar-refractivity contribution in [1.82, 2.24) is 15.3 Å². The molecule has 1 fully saturated rings. The Labute approximate surface area is 104 Å². The molecule has 1 saturated heterocycles. The second-order valence-electron chi connectivity index (χ2n) is 4.27. The van der Waals surface area contributed by atoms with Gasteiger partial charge in [0.05, 0.1) is 12.4 Å². The van der Waals surface area contributed by atoms with Crippen molar-refractivity contribution in [3.05, 3.63) is 17.7 Å². The molecule has 1 aromatic rings. The fourth-order valence-electron chi connectivity index (χ4n) is 1.98. The van der Waals surface area contributed by atoms with Crippen LogP contribution in [0.3, 0.4) is 0 Å². The number of aromatic amines is 1. The summed E-state index contributed by atoms with van der Waals surface area (Å²) in [5.41, 5.74) is -0.280. The second-order valence-corrected chi connectivity index (χ2v) is 4.27. The van der Waals surface area contributed by atoms with Crippen molar-refractivity contribution in [1.29, 1.82) is 0 Å². The zero-order valence-electron chi connectivity index (χ0n) is 9.97. The summed E-state index contributed by atoms with van der Waals surface area (Å²) in [7, 11) is 0. The zero-order chi connectivity index (χ0) is 13.1. The van der Waals surface area contributed by atoms with E-state index in [1.165, 1.54) is 6.33 Å². The number of hydrogen-bond donors (Lipinski definition) is 3. The Bertz CT molecular complexity index is 457. The maximum absolute atomic E-state index is 11.8. The van der Waals surface area contributed by atoms with E-state index in [0.717, 1.165) is 6.42 Å². The Hall–Kier alpha value is -1.89. The minimum atomic E-state index is -1.20. The van der Waals surface area contributed by atoms with E-state index in [2.05, 4.69) is 15.3 Å². The van der Waals surface area contributed by atoms with Crippen LogP contribution in [0, 0.1) is 5.92 Å². The number of nitrogens with zero attached hydrogens (tertiary/aromatic N) is 1. The Kier molecular flexibility index (Phi) is 3.61. The number of aromatic carboxylic acids is 1. The predicted molar refractivity (Wildman–Crippen MR) is 61.4 cm³/mol. The molecule has 18 heavy (non-hydrogen) atoms. The first-order valence-corrected chi connectivity index (χ1v) is 5.76. The van der Waals surface area contributed by atoms with E-state index >= 15 is 0 Å². The molecule has 0 spiro atoms. The zero-order valence-corrected chi connectivity index (χ0v) is 9.97. The molecular formula is C11H15N3O4. The average molecular weight is 253 g/mol. The molecule has 3 N–H and O–H groups in total. The molecule has 7 nitrogen and oxygen atoms in total. The fourth-order valence-corrected chi connectivity index (χ4v) is 1.98. The van der Waals surface area contributed by atoms with Crippen LogP contribution in [-0.2, 0) is 4.74 Å². The van der Waals surface area contributed by atoms with Crippen molar-refractivity contribution in [2.45, 2.75) is 19.4 Å². The molecule has 98 valence electrons. The SMILES string of the molecule is CC1OCCC1CNC(=O)c1nc[nH]c1C(=O)O. The van der Waals surface area contributed by atoms with Crippen LogP contribution in [-0.4, -0.2) is 46.2 Å². The predicted octanol–water partition coefficient (Wildman–Crippen LogP) is 0.263. The third-order valence-corrected chi connectivity index (χ3v) is 3.13. The summed E-state index contributed by atoms with van der Waals surface area (Å²) in [6.45, 7) is 3.12. The van der Waals surface area contributed by atoms with Crippen LogP contribution in [0.2, 0.25) is 0 Å². The van der Waals surface area contributed by atoms with E-state index in [-0.39, 0.29) is 23.4 Å². The van der Waals surface area contributed by atoms with Crippen molar-refractivity contribution in [3.8, 4) is 0 Å². The van der Waals surface area contributed by atoms with Gasteiger partial charge in [0.1, 0.15) is 0 Å². The summed E-state index contributed by atoms with van der Waals surface area (Å²) in [5, 5.41) is 11.5. The third kappa shape index (κ3) is 2.51. The average Bonchev–Trinajstić information content (AvgIpc) is 2.94. The van der Waals surface area contributed by atoms with E-state index < -0.39 is 11.9 Å². The summed E-state index contributed by atoms with van der Waals surface area (Å²) in [6.07, 6.45) is 2.21. The number of nitrogens with one attached hydrogen (secondary N) is 2. The molecule has 0 aliphatic carbocycles. The lowest BCUT2D eigenvalue weighted by Crippen LogP contribution is -2.33. The van der Waals surface area contributed by atoms with E-state index in [9.17, 15) is 9.59 Å². The monoisotopic (exact) mass is 253 g/mol. The summed E-state index contributed by atoms with van der Waals surface area (Å²) in [4.78, 5) is 28.8. The number of carboxylic acids is 1. The second kappa shape index (κ2) is 5.18. The van der Waals surface area contributed by atoms with Gasteiger partial charge in [-0.05, 0) is 13.3 Å². The van der Waals surface area contributed by atoms with Crippen LogP contribution in [0.25, 0.3) is 0 Å². The lowest BCUT2D eigenvalue weighted by molar-refractivity contribution is 0.0684. The molecule has 1 amide bonds. The van der Waals surface area contributed by atoms with E-state index in [1.807, 2.05) is 6.92 Å². The van der Waals surface area contributed by atoms with Crippen molar-refractivity contribution in [2.24, 2.45) is 5.92 Å². The number of rotatable bonds is 4. The molecule has 1 aliphatic rings. The van der Waals surface area contributed by atoms with E-state index in [0.29, 0.717) is 13.2 Å². The highest BCUT2D eigenvalue weighted by Gasteiger charge is 2.26. The van der Waals surface area contributed by atoms with Gasteiger partial charge in [0.2, 0.25) is 0 Å². The van der Waals surface area contributed by atoms with Gasteiger partial charge in [0.25, 0.3) is 5.91 Å². The maximum Gasteiger partial charge on any atom is 0.354 e. The molecule has 2 atom stereocenters. The van der Waals surface area contributed by atoms with Crippen molar-refractivity contribution in [2.75, 3.05) is 13.2 Å². The minimum Gasteiger partial charge on any atom is -0.477 e. The molecule has 7 heteroatoms. The Morgan fingerprint density at radius 3 is 3.06 bits per heavy atom. The number of ether oxygens (including phenoxy) is 1. The van der Waals surface area contributed by atoms with Gasteiger partial charge < -0.3 is 20.1 Å². The molecule has 2 heterocycles. The highest BCUT2D eigenvalue weighted by Crippen LogP contribution is 2.19. The quantitative estimate of drug-likeness (QED) is 0.714. The van der Waals surface area contributed by atoms with E-state index in [1.54, 1.807) is 0 Å². The van der Waals surface area contributed by atoms with Crippen LogP contribution in [0.5, 0.6) is 0 Å². The summed E-state index contributed by atoms with van der Waals surface area (Å²) < 4.78 is 5.38. The largest absolute Gasteiger partial charge is 0.477 e. The number of amides is 1. The molecule has 2 rings (SSSR count). The maximum atomic E-state index is 11.8. The molecule has 1 aromatic heterocycles. The first kappa shape index (κ1) is 12.6. The van der Waals surface area contributed by atoms with Crippen molar-refractivity contribution in [3.63, 3.8) is 0 Å². The number of H-pyrrole nitrogens is 1. The normalized spacial score (nSPS) is 22.9. The highest BCUT2D eigenvalue weighted by molar-refractivity contribution is 6.02.